The minimum Gasteiger partial charge on any atom is -0.345 e. The number of pyridine rings is 1. The molecule has 2 aromatic heterocycles. The van der Waals surface area contributed by atoms with Crippen LogP contribution in [0.3, 0.4) is 0 Å². The monoisotopic (exact) mass is 278 g/mol. The number of carbonyl (C=O) groups is 1. The van der Waals surface area contributed by atoms with E-state index < -0.39 is 0 Å². The molecule has 0 fully saturated rings. The number of hydrogen-bond donors (Lipinski definition) is 1. The van der Waals surface area contributed by atoms with Crippen LogP contribution in [0, 0.1) is 0 Å². The maximum atomic E-state index is 12.0. The first-order valence-corrected chi connectivity index (χ1v) is 6.60. The van der Waals surface area contributed by atoms with Gasteiger partial charge in [0.05, 0.1) is 6.54 Å². The number of rotatable bonds is 4. The van der Waals surface area contributed by atoms with Crippen LogP contribution in [0.25, 0.3) is 5.69 Å². The second-order valence-electron chi connectivity index (χ2n) is 4.47. The van der Waals surface area contributed by atoms with E-state index in [0.717, 1.165) is 11.5 Å². The first-order chi connectivity index (χ1) is 10.3. The largest absolute Gasteiger partial charge is 0.345 e. The first kappa shape index (κ1) is 13.1. The molecular formula is C16H14N4O. The first-order valence-electron chi connectivity index (χ1n) is 6.60. The zero-order chi connectivity index (χ0) is 14.5. The zero-order valence-corrected chi connectivity index (χ0v) is 11.3. The van der Waals surface area contributed by atoms with Crippen LogP contribution >= 0.6 is 0 Å². The van der Waals surface area contributed by atoms with E-state index in [0.29, 0.717) is 12.1 Å². The SMILES string of the molecule is O=C(NCc1nccn1-c1ccccc1)c1ccncc1. The molecule has 0 aliphatic rings. The predicted molar refractivity (Wildman–Crippen MR) is 79.0 cm³/mol. The molecule has 0 saturated carbocycles. The van der Waals surface area contributed by atoms with Crippen molar-refractivity contribution in [2.45, 2.75) is 6.54 Å². The van der Waals surface area contributed by atoms with Crippen LogP contribution < -0.4 is 5.32 Å². The van der Waals surface area contributed by atoms with Crippen LogP contribution in [-0.4, -0.2) is 20.4 Å². The molecule has 104 valence electrons. The zero-order valence-electron chi connectivity index (χ0n) is 11.3. The summed E-state index contributed by atoms with van der Waals surface area (Å²) < 4.78 is 1.95. The third-order valence-corrected chi connectivity index (χ3v) is 3.10. The summed E-state index contributed by atoms with van der Waals surface area (Å²) in [6.45, 7) is 0.364. The number of imidazole rings is 1. The van der Waals surface area contributed by atoms with Crippen molar-refractivity contribution in [3.8, 4) is 5.69 Å². The van der Waals surface area contributed by atoms with Gasteiger partial charge in [0, 0.05) is 36.0 Å². The Hall–Kier alpha value is -2.95. The number of benzene rings is 1. The Kier molecular flexibility index (Phi) is 3.73. The van der Waals surface area contributed by atoms with Crippen molar-refractivity contribution in [1.82, 2.24) is 19.9 Å². The molecule has 1 N–H and O–H groups in total. The van der Waals surface area contributed by atoms with Gasteiger partial charge in [-0.2, -0.15) is 0 Å². The molecule has 3 rings (SSSR count). The summed E-state index contributed by atoms with van der Waals surface area (Å²) in [6, 6.07) is 13.2. The van der Waals surface area contributed by atoms with E-state index in [-0.39, 0.29) is 5.91 Å². The molecule has 1 amide bonds. The summed E-state index contributed by atoms with van der Waals surface area (Å²) in [4.78, 5) is 20.2. The minimum absolute atomic E-state index is 0.139. The van der Waals surface area contributed by atoms with Crippen LogP contribution in [0.4, 0.5) is 0 Å². The van der Waals surface area contributed by atoms with E-state index in [9.17, 15) is 4.79 Å². The molecule has 2 heterocycles. The van der Waals surface area contributed by atoms with Crippen LogP contribution in [-0.2, 0) is 6.54 Å². The Labute approximate surface area is 122 Å². The van der Waals surface area contributed by atoms with Gasteiger partial charge in [-0.25, -0.2) is 4.98 Å². The molecule has 5 heteroatoms. The summed E-state index contributed by atoms with van der Waals surface area (Å²) in [5.41, 5.74) is 1.60. The second-order valence-corrected chi connectivity index (χ2v) is 4.47. The second kappa shape index (κ2) is 6.00. The Balaban J connectivity index is 1.73. The number of para-hydroxylation sites is 1. The van der Waals surface area contributed by atoms with Crippen molar-refractivity contribution in [1.29, 1.82) is 0 Å². The summed E-state index contributed by atoms with van der Waals surface area (Å²) in [6.07, 6.45) is 6.80. The molecular weight excluding hydrogens is 264 g/mol. The molecule has 21 heavy (non-hydrogen) atoms. The highest BCUT2D eigenvalue weighted by Crippen LogP contribution is 2.10. The fourth-order valence-corrected chi connectivity index (χ4v) is 2.05. The molecule has 0 bridgehead atoms. The van der Waals surface area contributed by atoms with Crippen molar-refractivity contribution < 1.29 is 4.79 Å². The van der Waals surface area contributed by atoms with E-state index in [4.69, 9.17) is 0 Å². The van der Waals surface area contributed by atoms with Gasteiger partial charge in [-0.05, 0) is 24.3 Å². The Morgan fingerprint density at radius 3 is 2.57 bits per heavy atom. The highest BCUT2D eigenvalue weighted by atomic mass is 16.1. The number of amides is 1. The molecule has 5 nitrogen and oxygen atoms in total. The number of carbonyl (C=O) groups excluding carboxylic acids is 1. The molecule has 1 aromatic carbocycles. The van der Waals surface area contributed by atoms with Gasteiger partial charge in [-0.3, -0.25) is 9.78 Å². The summed E-state index contributed by atoms with van der Waals surface area (Å²) in [5.74, 6) is 0.642. The topological polar surface area (TPSA) is 59.8 Å². The lowest BCUT2D eigenvalue weighted by molar-refractivity contribution is 0.0949. The standard InChI is InChI=1S/C16H14N4O/c21-16(13-6-8-17-9-7-13)19-12-15-18-10-11-20(15)14-4-2-1-3-5-14/h1-11H,12H2,(H,19,21). The summed E-state index contributed by atoms with van der Waals surface area (Å²) in [7, 11) is 0. The van der Waals surface area contributed by atoms with Gasteiger partial charge in [0.2, 0.25) is 0 Å². The molecule has 0 unspecified atom stereocenters. The smallest absolute Gasteiger partial charge is 0.251 e. The lowest BCUT2D eigenvalue weighted by Gasteiger charge is -2.09. The Bertz CT molecular complexity index is 722. The van der Waals surface area contributed by atoms with E-state index in [1.54, 1.807) is 30.7 Å². The maximum Gasteiger partial charge on any atom is 0.251 e. The normalized spacial score (nSPS) is 10.3. The van der Waals surface area contributed by atoms with Crippen molar-refractivity contribution in [3.63, 3.8) is 0 Å². The molecule has 0 saturated heterocycles. The van der Waals surface area contributed by atoms with Gasteiger partial charge in [-0.15, -0.1) is 0 Å². The number of aromatic nitrogens is 3. The molecule has 0 atom stereocenters. The highest BCUT2D eigenvalue weighted by Gasteiger charge is 2.08. The number of nitrogens with zero attached hydrogens (tertiary/aromatic N) is 3. The lowest BCUT2D eigenvalue weighted by Crippen LogP contribution is -2.24. The quantitative estimate of drug-likeness (QED) is 0.796. The number of nitrogens with one attached hydrogen (secondary N) is 1. The molecule has 0 radical (unpaired) electrons. The van der Waals surface area contributed by atoms with Gasteiger partial charge in [0.15, 0.2) is 0 Å². The maximum absolute atomic E-state index is 12.0. The predicted octanol–water partition coefficient (Wildman–Crippen LogP) is 2.20. The summed E-state index contributed by atoms with van der Waals surface area (Å²) >= 11 is 0. The van der Waals surface area contributed by atoms with Gasteiger partial charge in [0.1, 0.15) is 5.82 Å². The third-order valence-electron chi connectivity index (χ3n) is 3.10. The van der Waals surface area contributed by atoms with Gasteiger partial charge < -0.3 is 9.88 Å². The van der Waals surface area contributed by atoms with E-state index in [2.05, 4.69) is 15.3 Å². The van der Waals surface area contributed by atoms with Crippen LogP contribution in [0.2, 0.25) is 0 Å². The average Bonchev–Trinajstić information content (AvgIpc) is 3.03. The molecule has 3 aromatic rings. The van der Waals surface area contributed by atoms with Gasteiger partial charge >= 0.3 is 0 Å². The number of hydrogen-bond acceptors (Lipinski definition) is 3. The van der Waals surface area contributed by atoms with Crippen molar-refractivity contribution in [2.75, 3.05) is 0 Å². The average molecular weight is 278 g/mol. The Morgan fingerprint density at radius 1 is 1.05 bits per heavy atom. The van der Waals surface area contributed by atoms with E-state index in [1.165, 1.54) is 0 Å². The molecule has 0 aliphatic heterocycles. The van der Waals surface area contributed by atoms with Crippen LogP contribution in [0.5, 0.6) is 0 Å². The van der Waals surface area contributed by atoms with Crippen LogP contribution in [0.1, 0.15) is 16.2 Å². The van der Waals surface area contributed by atoms with Gasteiger partial charge in [0.25, 0.3) is 5.91 Å². The fourth-order valence-electron chi connectivity index (χ4n) is 2.05. The molecule has 0 aliphatic carbocycles. The third kappa shape index (κ3) is 2.97. The van der Waals surface area contributed by atoms with Crippen molar-refractivity contribution in [3.05, 3.63) is 78.6 Å². The Morgan fingerprint density at radius 2 is 1.81 bits per heavy atom. The molecule has 0 spiro atoms. The minimum atomic E-state index is -0.139. The summed E-state index contributed by atoms with van der Waals surface area (Å²) in [5, 5.41) is 2.86. The van der Waals surface area contributed by atoms with Gasteiger partial charge in [-0.1, -0.05) is 18.2 Å². The highest BCUT2D eigenvalue weighted by molar-refractivity contribution is 5.93. The van der Waals surface area contributed by atoms with Crippen molar-refractivity contribution in [2.24, 2.45) is 0 Å². The fraction of sp³-hybridized carbons (Fsp3) is 0.0625. The van der Waals surface area contributed by atoms with E-state index in [1.807, 2.05) is 41.1 Å². The van der Waals surface area contributed by atoms with Crippen LogP contribution in [0.15, 0.2) is 67.3 Å². The lowest BCUT2D eigenvalue weighted by atomic mass is 10.2. The van der Waals surface area contributed by atoms with Crippen molar-refractivity contribution >= 4 is 5.91 Å². The van der Waals surface area contributed by atoms with E-state index >= 15 is 0 Å².